The summed E-state index contributed by atoms with van der Waals surface area (Å²) in [5.74, 6) is 0. The van der Waals surface area contributed by atoms with Crippen molar-refractivity contribution in [3.05, 3.63) is 35.4 Å². The third kappa shape index (κ3) is 6.07. The largest absolute Gasteiger partial charge is 0.381 e. The van der Waals surface area contributed by atoms with E-state index < -0.39 is 6.43 Å². The van der Waals surface area contributed by atoms with Gasteiger partial charge < -0.3 is 10.1 Å². The van der Waals surface area contributed by atoms with Crippen LogP contribution in [0.1, 0.15) is 37.3 Å². The Bertz CT molecular complexity index is 331. The molecule has 0 unspecified atom stereocenters. The van der Waals surface area contributed by atoms with Crippen LogP contribution >= 0.6 is 0 Å². The van der Waals surface area contributed by atoms with E-state index in [4.69, 9.17) is 4.74 Å². The average molecular weight is 257 g/mol. The Balaban J connectivity index is 2.17. The maximum absolute atomic E-state index is 12.5. The van der Waals surface area contributed by atoms with E-state index in [-0.39, 0.29) is 5.56 Å². The summed E-state index contributed by atoms with van der Waals surface area (Å²) in [6, 6.07) is 6.52. The van der Waals surface area contributed by atoms with E-state index >= 15 is 0 Å². The van der Waals surface area contributed by atoms with Gasteiger partial charge in [0.2, 0.25) is 0 Å². The van der Waals surface area contributed by atoms with Crippen LogP contribution < -0.4 is 5.32 Å². The Morgan fingerprint density at radius 1 is 1.28 bits per heavy atom. The van der Waals surface area contributed by atoms with Crippen LogP contribution in [0, 0.1) is 0 Å². The number of ether oxygens (including phenoxy) is 1. The lowest BCUT2D eigenvalue weighted by Gasteiger charge is -2.07. The zero-order valence-electron chi connectivity index (χ0n) is 10.8. The molecule has 0 spiro atoms. The van der Waals surface area contributed by atoms with Gasteiger partial charge in [-0.2, -0.15) is 0 Å². The highest BCUT2D eigenvalue weighted by atomic mass is 19.3. The van der Waals surface area contributed by atoms with Crippen molar-refractivity contribution < 1.29 is 13.5 Å². The summed E-state index contributed by atoms with van der Waals surface area (Å²) in [6.45, 7) is 5.08. The maximum Gasteiger partial charge on any atom is 0.263 e. The standard InChI is InChI=1S/C14H21F2NO/c1-2-8-18-9-4-7-17-11-12-5-3-6-13(10-12)14(15)16/h3,5-6,10,14,17H,2,4,7-9,11H2,1H3. The SMILES string of the molecule is CCCOCCCNCc1cccc(C(F)F)c1. The van der Waals surface area contributed by atoms with Crippen LogP contribution in [0.4, 0.5) is 8.78 Å². The van der Waals surface area contributed by atoms with Crippen molar-refractivity contribution in [2.75, 3.05) is 19.8 Å². The fraction of sp³-hybridized carbons (Fsp3) is 0.571. The molecule has 0 radical (unpaired) electrons. The topological polar surface area (TPSA) is 21.3 Å². The number of nitrogens with one attached hydrogen (secondary N) is 1. The van der Waals surface area contributed by atoms with Crippen LogP contribution in [0.2, 0.25) is 0 Å². The molecule has 1 rings (SSSR count). The number of halogens is 2. The molecule has 0 amide bonds. The third-order valence-corrected chi connectivity index (χ3v) is 2.52. The molecular weight excluding hydrogens is 236 g/mol. The third-order valence-electron chi connectivity index (χ3n) is 2.52. The van der Waals surface area contributed by atoms with E-state index in [1.54, 1.807) is 12.1 Å². The van der Waals surface area contributed by atoms with Gasteiger partial charge in [-0.05, 0) is 31.0 Å². The number of rotatable bonds is 9. The second-order valence-corrected chi connectivity index (χ2v) is 4.19. The number of hydrogen-bond donors (Lipinski definition) is 1. The van der Waals surface area contributed by atoms with Crippen molar-refractivity contribution in [1.82, 2.24) is 5.32 Å². The molecule has 0 heterocycles. The van der Waals surface area contributed by atoms with E-state index in [0.29, 0.717) is 6.54 Å². The molecule has 2 nitrogen and oxygen atoms in total. The highest BCUT2D eigenvalue weighted by Crippen LogP contribution is 2.19. The van der Waals surface area contributed by atoms with Crippen molar-refractivity contribution >= 4 is 0 Å². The average Bonchev–Trinajstić information content (AvgIpc) is 2.38. The molecule has 18 heavy (non-hydrogen) atoms. The lowest BCUT2D eigenvalue weighted by Crippen LogP contribution is -2.16. The number of hydrogen-bond acceptors (Lipinski definition) is 2. The van der Waals surface area contributed by atoms with Gasteiger partial charge in [0.15, 0.2) is 0 Å². The highest BCUT2D eigenvalue weighted by molar-refractivity contribution is 5.24. The van der Waals surface area contributed by atoms with Gasteiger partial charge in [-0.15, -0.1) is 0 Å². The van der Waals surface area contributed by atoms with Crippen molar-refractivity contribution in [3.8, 4) is 0 Å². The Kier molecular flexibility index (Phi) is 7.53. The second kappa shape index (κ2) is 9.00. The molecule has 0 bridgehead atoms. The predicted molar refractivity (Wildman–Crippen MR) is 68.8 cm³/mol. The van der Waals surface area contributed by atoms with Crippen molar-refractivity contribution in [1.29, 1.82) is 0 Å². The summed E-state index contributed by atoms with van der Waals surface area (Å²) < 4.78 is 30.3. The molecule has 0 aliphatic heterocycles. The molecule has 0 aromatic heterocycles. The second-order valence-electron chi connectivity index (χ2n) is 4.19. The van der Waals surface area contributed by atoms with E-state index in [0.717, 1.165) is 38.2 Å². The molecule has 102 valence electrons. The molecule has 1 aromatic rings. The first-order chi connectivity index (χ1) is 8.74. The molecule has 0 aliphatic carbocycles. The zero-order chi connectivity index (χ0) is 13.2. The van der Waals surface area contributed by atoms with Gasteiger partial charge in [0.05, 0.1) is 0 Å². The summed E-state index contributed by atoms with van der Waals surface area (Å²) >= 11 is 0. The van der Waals surface area contributed by atoms with Crippen LogP contribution in [0.3, 0.4) is 0 Å². The molecule has 0 saturated carbocycles. The summed E-state index contributed by atoms with van der Waals surface area (Å²) in [5.41, 5.74) is 0.975. The Morgan fingerprint density at radius 2 is 2.11 bits per heavy atom. The predicted octanol–water partition coefficient (Wildman–Crippen LogP) is 3.53. The van der Waals surface area contributed by atoms with Gasteiger partial charge >= 0.3 is 0 Å². The normalized spacial score (nSPS) is 11.1. The highest BCUT2D eigenvalue weighted by Gasteiger charge is 2.06. The fourth-order valence-corrected chi connectivity index (χ4v) is 1.62. The van der Waals surface area contributed by atoms with Crippen molar-refractivity contribution in [2.45, 2.75) is 32.7 Å². The minimum Gasteiger partial charge on any atom is -0.381 e. The quantitative estimate of drug-likeness (QED) is 0.683. The van der Waals surface area contributed by atoms with Gasteiger partial charge in [0, 0.05) is 25.3 Å². The molecule has 1 N–H and O–H groups in total. The lowest BCUT2D eigenvalue weighted by molar-refractivity contribution is 0.132. The molecule has 0 saturated heterocycles. The van der Waals surface area contributed by atoms with Crippen LogP contribution in [-0.4, -0.2) is 19.8 Å². The van der Waals surface area contributed by atoms with E-state index in [1.165, 1.54) is 6.07 Å². The van der Waals surface area contributed by atoms with E-state index in [9.17, 15) is 8.78 Å². The number of alkyl halides is 2. The van der Waals surface area contributed by atoms with Crippen molar-refractivity contribution in [2.24, 2.45) is 0 Å². The maximum atomic E-state index is 12.5. The van der Waals surface area contributed by atoms with Crippen LogP contribution in [0.5, 0.6) is 0 Å². The van der Waals surface area contributed by atoms with E-state index in [1.807, 2.05) is 6.07 Å². The fourth-order valence-electron chi connectivity index (χ4n) is 1.62. The van der Waals surface area contributed by atoms with Gasteiger partial charge in [0.1, 0.15) is 0 Å². The molecule has 4 heteroatoms. The lowest BCUT2D eigenvalue weighted by atomic mass is 10.1. The smallest absolute Gasteiger partial charge is 0.263 e. The summed E-state index contributed by atoms with van der Waals surface area (Å²) in [4.78, 5) is 0. The molecular formula is C14H21F2NO. The Morgan fingerprint density at radius 3 is 2.83 bits per heavy atom. The van der Waals surface area contributed by atoms with Gasteiger partial charge in [-0.3, -0.25) is 0 Å². The summed E-state index contributed by atoms with van der Waals surface area (Å²) in [5, 5.41) is 3.22. The first-order valence-corrected chi connectivity index (χ1v) is 6.39. The first kappa shape index (κ1) is 15.1. The van der Waals surface area contributed by atoms with Crippen LogP contribution in [-0.2, 0) is 11.3 Å². The van der Waals surface area contributed by atoms with Crippen molar-refractivity contribution in [3.63, 3.8) is 0 Å². The van der Waals surface area contributed by atoms with Gasteiger partial charge in [-0.25, -0.2) is 8.78 Å². The first-order valence-electron chi connectivity index (χ1n) is 6.39. The minimum absolute atomic E-state index is 0.0839. The minimum atomic E-state index is -2.40. The van der Waals surface area contributed by atoms with Crippen LogP contribution in [0.25, 0.3) is 0 Å². The van der Waals surface area contributed by atoms with Gasteiger partial charge in [-0.1, -0.05) is 25.1 Å². The Labute approximate surface area is 107 Å². The molecule has 1 aromatic carbocycles. The number of benzene rings is 1. The zero-order valence-corrected chi connectivity index (χ0v) is 10.8. The summed E-state index contributed by atoms with van der Waals surface area (Å²) in [6.07, 6.45) is -0.421. The van der Waals surface area contributed by atoms with Gasteiger partial charge in [0.25, 0.3) is 6.43 Å². The summed E-state index contributed by atoms with van der Waals surface area (Å²) in [7, 11) is 0. The molecule has 0 fully saturated rings. The monoisotopic (exact) mass is 257 g/mol. The van der Waals surface area contributed by atoms with Crippen LogP contribution in [0.15, 0.2) is 24.3 Å². The van der Waals surface area contributed by atoms with E-state index in [2.05, 4.69) is 12.2 Å². The molecule has 0 aliphatic rings. The Hall–Kier alpha value is -1.00. The molecule has 0 atom stereocenters.